The van der Waals surface area contributed by atoms with E-state index in [9.17, 15) is 0 Å². The Hall–Kier alpha value is -1.39. The lowest BCUT2D eigenvalue weighted by molar-refractivity contribution is 0.459. The Balaban J connectivity index is 2.08. The molecule has 0 saturated heterocycles. The van der Waals surface area contributed by atoms with Crippen LogP contribution in [0.25, 0.3) is 0 Å². The van der Waals surface area contributed by atoms with Gasteiger partial charge in [-0.15, -0.1) is 0 Å². The van der Waals surface area contributed by atoms with Gasteiger partial charge in [-0.2, -0.15) is 5.10 Å². The van der Waals surface area contributed by atoms with Crippen LogP contribution in [0.15, 0.2) is 30.6 Å². The number of nitrogens with two attached hydrogens (primary N) is 1. The minimum atomic E-state index is -0.0904. The maximum Gasteiger partial charge on any atom is 0.138 e. The topological polar surface area (TPSA) is 56.7 Å². The molecular formula is C14H19ClN4. The summed E-state index contributed by atoms with van der Waals surface area (Å²) in [5, 5.41) is 4.97. The average molecular weight is 279 g/mol. The summed E-state index contributed by atoms with van der Waals surface area (Å²) in [6, 6.07) is 7.53. The van der Waals surface area contributed by atoms with Crippen LogP contribution in [0.4, 0.5) is 0 Å². The van der Waals surface area contributed by atoms with Crippen molar-refractivity contribution in [1.82, 2.24) is 14.8 Å². The molecule has 2 N–H and O–H groups in total. The molecule has 0 fully saturated rings. The first-order valence-corrected chi connectivity index (χ1v) is 6.81. The van der Waals surface area contributed by atoms with Gasteiger partial charge in [0.15, 0.2) is 0 Å². The molecule has 1 atom stereocenters. The fourth-order valence-corrected chi connectivity index (χ4v) is 2.10. The quantitative estimate of drug-likeness (QED) is 0.915. The molecular weight excluding hydrogens is 260 g/mol. The highest BCUT2D eigenvalue weighted by molar-refractivity contribution is 6.30. The van der Waals surface area contributed by atoms with E-state index in [1.54, 1.807) is 6.33 Å². The molecule has 2 rings (SSSR count). The molecule has 1 aromatic carbocycles. The molecule has 0 aliphatic rings. The zero-order valence-corrected chi connectivity index (χ0v) is 12.0. The van der Waals surface area contributed by atoms with Crippen molar-refractivity contribution >= 4 is 11.6 Å². The van der Waals surface area contributed by atoms with Crippen molar-refractivity contribution in [3.05, 3.63) is 47.0 Å². The Morgan fingerprint density at radius 3 is 2.58 bits per heavy atom. The van der Waals surface area contributed by atoms with Crippen LogP contribution in [0.2, 0.25) is 5.02 Å². The van der Waals surface area contributed by atoms with Gasteiger partial charge >= 0.3 is 0 Å². The molecule has 1 unspecified atom stereocenters. The lowest BCUT2D eigenvalue weighted by atomic mass is 10.0. The van der Waals surface area contributed by atoms with E-state index in [4.69, 9.17) is 17.3 Å². The first kappa shape index (κ1) is 14.0. The minimum absolute atomic E-state index is 0.0904. The van der Waals surface area contributed by atoms with Crippen LogP contribution in [0, 0.1) is 5.92 Å². The third kappa shape index (κ3) is 3.78. The standard InChI is InChI=1S/C14H19ClN4/c1-10(2)8-19-14(17-9-18-19)7-13(16)11-3-5-12(15)6-4-11/h3-6,9-10,13H,7-8,16H2,1-2H3. The second-order valence-corrected chi connectivity index (χ2v) is 5.55. The number of hydrogen-bond acceptors (Lipinski definition) is 3. The Labute approximate surface area is 118 Å². The van der Waals surface area contributed by atoms with Gasteiger partial charge in [0.05, 0.1) is 0 Å². The Morgan fingerprint density at radius 1 is 1.26 bits per heavy atom. The summed E-state index contributed by atoms with van der Waals surface area (Å²) in [6.45, 7) is 5.18. The maximum absolute atomic E-state index is 6.21. The van der Waals surface area contributed by atoms with E-state index in [1.807, 2.05) is 28.9 Å². The Kier molecular flexibility index (Phi) is 4.56. The number of nitrogens with zero attached hydrogens (tertiary/aromatic N) is 3. The maximum atomic E-state index is 6.21. The largest absolute Gasteiger partial charge is 0.324 e. The monoisotopic (exact) mass is 278 g/mol. The number of rotatable bonds is 5. The third-order valence-corrected chi connectivity index (χ3v) is 3.19. The first-order valence-electron chi connectivity index (χ1n) is 6.44. The number of halogens is 1. The van der Waals surface area contributed by atoms with Crippen LogP contribution in [-0.4, -0.2) is 14.8 Å². The first-order chi connectivity index (χ1) is 9.06. The van der Waals surface area contributed by atoms with Gasteiger partial charge in [0.1, 0.15) is 12.2 Å². The predicted molar refractivity (Wildman–Crippen MR) is 76.9 cm³/mol. The van der Waals surface area contributed by atoms with Crippen LogP contribution in [-0.2, 0) is 13.0 Å². The molecule has 0 amide bonds. The molecule has 1 heterocycles. The summed E-state index contributed by atoms with van der Waals surface area (Å²) in [7, 11) is 0. The Bertz CT molecular complexity index is 518. The predicted octanol–water partition coefficient (Wildman–Crippen LogP) is 2.83. The lowest BCUT2D eigenvalue weighted by Gasteiger charge is -2.13. The highest BCUT2D eigenvalue weighted by atomic mass is 35.5. The lowest BCUT2D eigenvalue weighted by Crippen LogP contribution is -2.18. The molecule has 0 saturated carbocycles. The number of hydrogen-bond donors (Lipinski definition) is 1. The average Bonchev–Trinajstić information content (AvgIpc) is 2.76. The van der Waals surface area contributed by atoms with Crippen molar-refractivity contribution in [3.63, 3.8) is 0 Å². The van der Waals surface area contributed by atoms with Gasteiger partial charge in [0, 0.05) is 24.0 Å². The molecule has 19 heavy (non-hydrogen) atoms. The van der Waals surface area contributed by atoms with Crippen molar-refractivity contribution in [1.29, 1.82) is 0 Å². The highest BCUT2D eigenvalue weighted by Gasteiger charge is 2.12. The van der Waals surface area contributed by atoms with Gasteiger partial charge < -0.3 is 5.73 Å². The molecule has 0 spiro atoms. The summed E-state index contributed by atoms with van der Waals surface area (Å²) in [6.07, 6.45) is 2.26. The van der Waals surface area contributed by atoms with E-state index in [2.05, 4.69) is 23.9 Å². The van der Waals surface area contributed by atoms with Crippen LogP contribution in [0.5, 0.6) is 0 Å². The fourth-order valence-electron chi connectivity index (χ4n) is 1.97. The van der Waals surface area contributed by atoms with Gasteiger partial charge in [-0.3, -0.25) is 0 Å². The number of benzene rings is 1. The highest BCUT2D eigenvalue weighted by Crippen LogP contribution is 2.18. The van der Waals surface area contributed by atoms with E-state index in [1.165, 1.54) is 0 Å². The van der Waals surface area contributed by atoms with Crippen molar-refractivity contribution in [3.8, 4) is 0 Å². The molecule has 0 aliphatic heterocycles. The molecule has 102 valence electrons. The van der Waals surface area contributed by atoms with E-state index in [-0.39, 0.29) is 6.04 Å². The van der Waals surface area contributed by atoms with Crippen molar-refractivity contribution in [2.45, 2.75) is 32.9 Å². The summed E-state index contributed by atoms with van der Waals surface area (Å²) >= 11 is 5.87. The summed E-state index contributed by atoms with van der Waals surface area (Å²) in [5.41, 5.74) is 7.27. The van der Waals surface area contributed by atoms with Crippen molar-refractivity contribution in [2.75, 3.05) is 0 Å². The van der Waals surface area contributed by atoms with Crippen LogP contribution in [0.1, 0.15) is 31.3 Å². The normalized spacial score (nSPS) is 12.9. The smallest absolute Gasteiger partial charge is 0.138 e. The van der Waals surface area contributed by atoms with E-state index >= 15 is 0 Å². The zero-order valence-electron chi connectivity index (χ0n) is 11.3. The van der Waals surface area contributed by atoms with Gasteiger partial charge in [-0.1, -0.05) is 37.6 Å². The fraction of sp³-hybridized carbons (Fsp3) is 0.429. The van der Waals surface area contributed by atoms with Crippen LogP contribution >= 0.6 is 11.6 Å². The van der Waals surface area contributed by atoms with Crippen LogP contribution in [0.3, 0.4) is 0 Å². The zero-order chi connectivity index (χ0) is 13.8. The van der Waals surface area contributed by atoms with Gasteiger partial charge in [-0.25, -0.2) is 9.67 Å². The van der Waals surface area contributed by atoms with E-state index in [0.717, 1.165) is 23.0 Å². The third-order valence-electron chi connectivity index (χ3n) is 2.93. The molecule has 0 radical (unpaired) electrons. The second-order valence-electron chi connectivity index (χ2n) is 5.11. The van der Waals surface area contributed by atoms with Crippen LogP contribution < -0.4 is 5.73 Å². The minimum Gasteiger partial charge on any atom is -0.324 e. The molecule has 2 aromatic rings. The molecule has 0 aliphatic carbocycles. The van der Waals surface area contributed by atoms with Gasteiger partial charge in [-0.05, 0) is 23.6 Å². The number of aromatic nitrogens is 3. The van der Waals surface area contributed by atoms with Gasteiger partial charge in [0.25, 0.3) is 0 Å². The van der Waals surface area contributed by atoms with Crippen molar-refractivity contribution < 1.29 is 0 Å². The van der Waals surface area contributed by atoms with Gasteiger partial charge in [0.2, 0.25) is 0 Å². The summed E-state index contributed by atoms with van der Waals surface area (Å²) in [4.78, 5) is 4.30. The summed E-state index contributed by atoms with van der Waals surface area (Å²) < 4.78 is 1.93. The van der Waals surface area contributed by atoms with E-state index < -0.39 is 0 Å². The molecule has 0 bridgehead atoms. The Morgan fingerprint density at radius 2 is 1.95 bits per heavy atom. The summed E-state index contributed by atoms with van der Waals surface area (Å²) in [5.74, 6) is 1.46. The molecule has 1 aromatic heterocycles. The SMILES string of the molecule is CC(C)Cn1ncnc1CC(N)c1ccc(Cl)cc1. The molecule has 4 nitrogen and oxygen atoms in total. The second kappa shape index (κ2) is 6.17. The van der Waals surface area contributed by atoms with Crippen molar-refractivity contribution in [2.24, 2.45) is 11.7 Å². The molecule has 5 heteroatoms. The van der Waals surface area contributed by atoms with E-state index in [0.29, 0.717) is 12.3 Å².